The molecular formula is C15H22FNO2. The highest BCUT2D eigenvalue weighted by atomic mass is 19.1. The van der Waals surface area contributed by atoms with E-state index >= 15 is 0 Å². The monoisotopic (exact) mass is 271 g/mol. The molecule has 1 N–H and O–H groups in total. The standard InChI is InChI=1S/C15H22FNO2/c1-2-13(18)5-3-12-4-6-15(14(16)11-12)17-7-9-19-10-8-17/h4,6,11,13,18H,2-3,5,7-10H2,1H3/t13-/m0/s1/i9D2,10D2. The van der Waals surface area contributed by atoms with Crippen molar-refractivity contribution in [2.24, 2.45) is 0 Å². The Morgan fingerprint density at radius 2 is 2.21 bits per heavy atom. The second-order valence-corrected chi connectivity index (χ2v) is 4.63. The number of ether oxygens (including phenoxy) is 1. The Morgan fingerprint density at radius 3 is 2.84 bits per heavy atom. The summed E-state index contributed by atoms with van der Waals surface area (Å²) in [6.07, 6.45) is 1.35. The number of morpholine rings is 1. The van der Waals surface area contributed by atoms with Crippen molar-refractivity contribution in [1.29, 1.82) is 0 Å². The van der Waals surface area contributed by atoms with E-state index in [9.17, 15) is 9.50 Å². The number of aryl methyl sites for hydroxylation is 1. The minimum absolute atomic E-state index is 0.154. The lowest BCUT2D eigenvalue weighted by Crippen LogP contribution is -2.36. The predicted octanol–water partition coefficient (Wildman–Crippen LogP) is 2.37. The summed E-state index contributed by atoms with van der Waals surface area (Å²) < 4.78 is 49.6. The fourth-order valence-electron chi connectivity index (χ4n) is 2.00. The molecular weight excluding hydrogens is 245 g/mol. The highest BCUT2D eigenvalue weighted by Gasteiger charge is 2.15. The molecule has 1 heterocycles. The zero-order valence-corrected chi connectivity index (χ0v) is 11.0. The fourth-order valence-corrected chi connectivity index (χ4v) is 2.00. The third-order valence-electron chi connectivity index (χ3n) is 3.25. The van der Waals surface area contributed by atoms with Gasteiger partial charge in [-0.2, -0.15) is 0 Å². The van der Waals surface area contributed by atoms with Crippen LogP contribution in [0.5, 0.6) is 0 Å². The van der Waals surface area contributed by atoms with Gasteiger partial charge in [-0.1, -0.05) is 13.0 Å². The normalized spacial score (nSPS) is 25.9. The van der Waals surface area contributed by atoms with Crippen LogP contribution in [0.3, 0.4) is 0 Å². The first kappa shape index (κ1) is 9.72. The van der Waals surface area contributed by atoms with Crippen LogP contribution in [0.4, 0.5) is 10.1 Å². The third kappa shape index (κ3) is 3.91. The van der Waals surface area contributed by atoms with Crippen LogP contribution >= 0.6 is 0 Å². The van der Waals surface area contributed by atoms with Crippen molar-refractivity contribution >= 4 is 5.69 Å². The van der Waals surface area contributed by atoms with Gasteiger partial charge in [0, 0.05) is 13.1 Å². The molecule has 1 aliphatic heterocycles. The molecule has 0 aliphatic carbocycles. The van der Waals surface area contributed by atoms with Crippen LogP contribution in [0.2, 0.25) is 0 Å². The van der Waals surface area contributed by atoms with Crippen LogP contribution in [-0.2, 0) is 11.2 Å². The van der Waals surface area contributed by atoms with Crippen LogP contribution in [0.1, 0.15) is 30.8 Å². The van der Waals surface area contributed by atoms with E-state index in [0.717, 1.165) is 5.56 Å². The second kappa shape index (κ2) is 6.87. The number of anilines is 1. The first-order chi connectivity index (χ1) is 10.6. The van der Waals surface area contributed by atoms with E-state index in [4.69, 9.17) is 10.2 Å². The predicted molar refractivity (Wildman–Crippen MR) is 74.1 cm³/mol. The number of aliphatic hydroxyl groups excluding tert-OH is 1. The lowest BCUT2D eigenvalue weighted by molar-refractivity contribution is 0.122. The topological polar surface area (TPSA) is 32.7 Å². The Kier molecular flexibility index (Phi) is 3.52. The van der Waals surface area contributed by atoms with Crippen molar-refractivity contribution in [2.75, 3.05) is 31.1 Å². The van der Waals surface area contributed by atoms with Gasteiger partial charge in [0.2, 0.25) is 0 Å². The van der Waals surface area contributed by atoms with Crippen molar-refractivity contribution < 1.29 is 19.7 Å². The van der Waals surface area contributed by atoms with Crippen LogP contribution in [-0.4, -0.2) is 37.4 Å². The van der Waals surface area contributed by atoms with Gasteiger partial charge in [-0.15, -0.1) is 0 Å². The van der Waals surface area contributed by atoms with Crippen molar-refractivity contribution in [3.05, 3.63) is 29.6 Å². The Bertz CT molecular complexity index is 540. The van der Waals surface area contributed by atoms with Gasteiger partial charge in [-0.05, 0) is 37.0 Å². The molecule has 1 atom stereocenters. The van der Waals surface area contributed by atoms with Crippen LogP contribution < -0.4 is 4.90 Å². The van der Waals surface area contributed by atoms with Gasteiger partial charge >= 0.3 is 0 Å². The minimum atomic E-state index is -2.18. The van der Waals surface area contributed by atoms with Gasteiger partial charge in [0.25, 0.3) is 0 Å². The number of hydrogen-bond acceptors (Lipinski definition) is 3. The van der Waals surface area contributed by atoms with Crippen molar-refractivity contribution in [2.45, 2.75) is 32.3 Å². The van der Waals surface area contributed by atoms with Gasteiger partial charge < -0.3 is 14.7 Å². The molecule has 0 aromatic heterocycles. The van der Waals surface area contributed by atoms with Crippen LogP contribution in [0, 0.1) is 5.82 Å². The quantitative estimate of drug-likeness (QED) is 0.892. The van der Waals surface area contributed by atoms with E-state index < -0.39 is 25.0 Å². The van der Waals surface area contributed by atoms with Gasteiger partial charge in [0.1, 0.15) is 5.82 Å². The van der Waals surface area contributed by atoms with Crippen molar-refractivity contribution in [1.82, 2.24) is 0 Å². The molecule has 1 aromatic carbocycles. The number of hydrogen-bond donors (Lipinski definition) is 1. The molecule has 0 bridgehead atoms. The maximum absolute atomic E-state index is 14.4. The summed E-state index contributed by atoms with van der Waals surface area (Å²) in [5.41, 5.74) is 0.902. The Labute approximate surface area is 119 Å². The Morgan fingerprint density at radius 1 is 1.47 bits per heavy atom. The summed E-state index contributed by atoms with van der Waals surface area (Å²) in [6.45, 7) is -2.96. The summed E-state index contributed by atoms with van der Waals surface area (Å²) in [6, 6.07) is 4.61. The molecule has 0 radical (unpaired) electrons. The smallest absolute Gasteiger partial charge is 0.146 e. The molecule has 0 spiro atoms. The number of nitrogens with zero attached hydrogens (tertiary/aromatic N) is 1. The van der Waals surface area contributed by atoms with Gasteiger partial charge in [0.05, 0.1) is 30.4 Å². The molecule has 106 valence electrons. The molecule has 1 fully saturated rings. The summed E-state index contributed by atoms with van der Waals surface area (Å²) in [7, 11) is 0. The Hall–Kier alpha value is -1.13. The van der Waals surface area contributed by atoms with Crippen molar-refractivity contribution in [3.63, 3.8) is 0 Å². The number of rotatable bonds is 5. The number of aliphatic hydroxyl groups is 1. The molecule has 0 unspecified atom stereocenters. The summed E-state index contributed by atoms with van der Waals surface area (Å²) in [5, 5.41) is 9.56. The largest absolute Gasteiger partial charge is 0.393 e. The molecule has 2 rings (SSSR count). The Balaban J connectivity index is 2.14. The van der Waals surface area contributed by atoms with Gasteiger partial charge in [0.15, 0.2) is 0 Å². The van der Waals surface area contributed by atoms with Crippen LogP contribution in [0.25, 0.3) is 0 Å². The first-order valence-electron chi connectivity index (χ1n) is 8.53. The third-order valence-corrected chi connectivity index (χ3v) is 3.25. The summed E-state index contributed by atoms with van der Waals surface area (Å²) in [4.78, 5) is 1.32. The highest BCUT2D eigenvalue weighted by molar-refractivity contribution is 5.49. The molecule has 1 aromatic rings. The van der Waals surface area contributed by atoms with E-state index in [2.05, 4.69) is 0 Å². The van der Waals surface area contributed by atoms with E-state index in [1.807, 2.05) is 6.92 Å². The molecule has 3 nitrogen and oxygen atoms in total. The zero-order valence-electron chi connectivity index (χ0n) is 15.0. The van der Waals surface area contributed by atoms with Gasteiger partial charge in [-0.25, -0.2) is 4.39 Å². The molecule has 1 saturated heterocycles. The van der Waals surface area contributed by atoms with E-state index in [1.54, 1.807) is 6.07 Å². The zero-order chi connectivity index (χ0) is 17.3. The lowest BCUT2D eigenvalue weighted by atomic mass is 10.0. The number of benzene rings is 1. The lowest BCUT2D eigenvalue weighted by Gasteiger charge is -2.29. The average molecular weight is 271 g/mol. The molecule has 0 amide bonds. The minimum Gasteiger partial charge on any atom is -0.393 e. The van der Waals surface area contributed by atoms with E-state index in [0.29, 0.717) is 19.3 Å². The maximum Gasteiger partial charge on any atom is 0.146 e. The van der Waals surface area contributed by atoms with E-state index in [1.165, 1.54) is 17.0 Å². The van der Waals surface area contributed by atoms with Crippen LogP contribution in [0.15, 0.2) is 18.2 Å². The highest BCUT2D eigenvalue weighted by Crippen LogP contribution is 2.22. The second-order valence-electron chi connectivity index (χ2n) is 4.63. The number of halogens is 1. The average Bonchev–Trinajstić information content (AvgIpc) is 2.41. The first-order valence-corrected chi connectivity index (χ1v) is 6.53. The maximum atomic E-state index is 14.4. The molecule has 4 heteroatoms. The van der Waals surface area contributed by atoms with E-state index in [-0.39, 0.29) is 18.8 Å². The fraction of sp³-hybridized carbons (Fsp3) is 0.600. The molecule has 0 saturated carbocycles. The molecule has 19 heavy (non-hydrogen) atoms. The summed E-state index contributed by atoms with van der Waals surface area (Å²) >= 11 is 0. The SMILES string of the molecule is [2H]C1([2H])CN(c2ccc(CC[C@@H](O)CC)cc2F)CC([2H])([2H])O1. The summed E-state index contributed by atoms with van der Waals surface area (Å²) in [5.74, 6) is -0.526. The van der Waals surface area contributed by atoms with Crippen molar-refractivity contribution in [3.8, 4) is 0 Å². The van der Waals surface area contributed by atoms with Gasteiger partial charge in [-0.3, -0.25) is 0 Å². The molecule has 1 aliphatic rings.